The molecule has 1 aliphatic rings. The van der Waals surface area contributed by atoms with E-state index in [2.05, 4.69) is 10.2 Å². The number of aldehydes is 1. The maximum absolute atomic E-state index is 10.2. The fraction of sp³-hybridized carbons (Fsp3) is 0.500. The van der Waals surface area contributed by atoms with Gasteiger partial charge >= 0.3 is 0 Å². The van der Waals surface area contributed by atoms with Crippen LogP contribution in [0.1, 0.15) is 6.92 Å². The van der Waals surface area contributed by atoms with E-state index in [9.17, 15) is 4.79 Å². The smallest absolute Gasteiger partial charge is 0.168 e. The average Bonchev–Trinajstić information content (AvgIpc) is 1.95. The number of carbonyl (C=O) groups excluding carboxylic acids is 1. The Kier molecular flexibility index (Phi) is 1.80. The Labute approximate surface area is 59.2 Å². The molecule has 4 nitrogen and oxygen atoms in total. The van der Waals surface area contributed by atoms with Crippen LogP contribution < -0.4 is 0 Å². The summed E-state index contributed by atoms with van der Waals surface area (Å²) in [4.78, 5) is 12.1. The minimum absolute atomic E-state index is 0.480. The summed E-state index contributed by atoms with van der Waals surface area (Å²) in [6, 6.07) is 0. The van der Waals surface area contributed by atoms with Gasteiger partial charge in [0.15, 0.2) is 6.29 Å². The van der Waals surface area contributed by atoms with E-state index >= 15 is 0 Å². The predicted octanol–water partition coefficient (Wildman–Crippen LogP) is -0.0949. The molecular weight excluding hydrogens is 130 g/mol. The molecule has 10 heavy (non-hydrogen) atoms. The Balaban J connectivity index is 2.78. The van der Waals surface area contributed by atoms with Crippen molar-refractivity contribution < 1.29 is 4.79 Å². The van der Waals surface area contributed by atoms with E-state index in [4.69, 9.17) is 0 Å². The maximum Gasteiger partial charge on any atom is 0.168 e. The van der Waals surface area contributed by atoms with Crippen molar-refractivity contribution in [3.05, 3.63) is 0 Å². The second-order valence-electron chi connectivity index (χ2n) is 2.21. The summed E-state index contributed by atoms with van der Waals surface area (Å²) in [5, 5.41) is 7.44. The summed E-state index contributed by atoms with van der Waals surface area (Å²) in [5.41, 5.74) is 0.480. The van der Waals surface area contributed by atoms with Crippen LogP contribution in [0.3, 0.4) is 0 Å². The molecule has 0 bridgehead atoms. The Hall–Kier alpha value is -1.19. The quantitative estimate of drug-likeness (QED) is 0.476. The third kappa shape index (κ3) is 1.21. The monoisotopic (exact) mass is 139 g/mol. The highest BCUT2D eigenvalue weighted by atomic mass is 16.1. The predicted molar refractivity (Wildman–Crippen MR) is 39.2 cm³/mol. The molecule has 0 atom stereocenters. The van der Waals surface area contributed by atoms with Crippen molar-refractivity contribution in [1.82, 2.24) is 4.90 Å². The van der Waals surface area contributed by atoms with Crippen LogP contribution in [-0.2, 0) is 4.79 Å². The summed E-state index contributed by atoms with van der Waals surface area (Å²) in [7, 11) is 1.87. The summed E-state index contributed by atoms with van der Waals surface area (Å²) in [6.45, 7) is 2.42. The molecule has 54 valence electrons. The Morgan fingerprint density at radius 2 is 2.30 bits per heavy atom. The van der Waals surface area contributed by atoms with Crippen LogP contribution in [0.5, 0.6) is 0 Å². The molecule has 4 heteroatoms. The summed E-state index contributed by atoms with van der Waals surface area (Å²) < 4.78 is 0. The van der Waals surface area contributed by atoms with Gasteiger partial charge in [-0.15, -0.1) is 10.2 Å². The van der Waals surface area contributed by atoms with Gasteiger partial charge in [-0.2, -0.15) is 0 Å². The number of rotatable bonds is 1. The standard InChI is InChI=1S/C6H9N3O/c1-5-7-8-6(4-10)3-9(5)2/h4H,3H2,1-2H3. The van der Waals surface area contributed by atoms with Crippen molar-refractivity contribution in [3.8, 4) is 0 Å². The number of hydrogen-bond donors (Lipinski definition) is 0. The van der Waals surface area contributed by atoms with Gasteiger partial charge in [-0.05, 0) is 6.92 Å². The highest BCUT2D eigenvalue weighted by Crippen LogP contribution is 1.95. The Morgan fingerprint density at radius 3 is 2.80 bits per heavy atom. The van der Waals surface area contributed by atoms with Gasteiger partial charge in [-0.25, -0.2) is 0 Å². The van der Waals surface area contributed by atoms with E-state index in [0.29, 0.717) is 12.3 Å². The molecule has 0 fully saturated rings. The lowest BCUT2D eigenvalue weighted by Gasteiger charge is -2.19. The van der Waals surface area contributed by atoms with E-state index in [1.54, 1.807) is 0 Å². The SMILES string of the molecule is CC1=NN=C(C=O)CN1C. The van der Waals surface area contributed by atoms with Crippen LogP contribution in [0.25, 0.3) is 0 Å². The minimum atomic E-state index is 0.480. The first-order valence-corrected chi connectivity index (χ1v) is 3.01. The second kappa shape index (κ2) is 2.60. The molecule has 0 saturated heterocycles. The lowest BCUT2D eigenvalue weighted by atomic mass is 10.3. The van der Waals surface area contributed by atoms with Gasteiger partial charge in [0, 0.05) is 7.05 Å². The average molecular weight is 139 g/mol. The third-order valence-corrected chi connectivity index (χ3v) is 1.41. The molecular formula is C6H9N3O. The Bertz CT molecular complexity index is 207. The molecule has 0 radical (unpaired) electrons. The van der Waals surface area contributed by atoms with Gasteiger partial charge in [0.2, 0.25) is 0 Å². The largest absolute Gasteiger partial charge is 0.356 e. The first-order valence-electron chi connectivity index (χ1n) is 3.01. The maximum atomic E-state index is 10.2. The van der Waals surface area contributed by atoms with Crippen molar-refractivity contribution >= 4 is 17.8 Å². The molecule has 0 aromatic rings. The lowest BCUT2D eigenvalue weighted by molar-refractivity contribution is -0.102. The number of carbonyl (C=O) groups is 1. The zero-order valence-electron chi connectivity index (χ0n) is 6.03. The number of nitrogens with zero attached hydrogens (tertiary/aromatic N) is 3. The molecule has 0 saturated carbocycles. The van der Waals surface area contributed by atoms with Gasteiger partial charge in [0.1, 0.15) is 11.5 Å². The van der Waals surface area contributed by atoms with E-state index < -0.39 is 0 Å². The molecule has 1 aliphatic heterocycles. The van der Waals surface area contributed by atoms with E-state index in [1.807, 2.05) is 18.9 Å². The van der Waals surface area contributed by atoms with Crippen molar-refractivity contribution in [2.24, 2.45) is 10.2 Å². The minimum Gasteiger partial charge on any atom is -0.356 e. The summed E-state index contributed by atoms with van der Waals surface area (Å²) in [6.07, 6.45) is 0.729. The third-order valence-electron chi connectivity index (χ3n) is 1.41. The van der Waals surface area contributed by atoms with Crippen LogP contribution in [0.2, 0.25) is 0 Å². The fourth-order valence-electron chi connectivity index (χ4n) is 0.663. The molecule has 0 N–H and O–H groups in total. The van der Waals surface area contributed by atoms with Crippen molar-refractivity contribution in [2.45, 2.75) is 6.92 Å². The molecule has 0 unspecified atom stereocenters. The van der Waals surface area contributed by atoms with Gasteiger partial charge in [-0.1, -0.05) is 0 Å². The molecule has 0 spiro atoms. The number of hydrogen-bond acceptors (Lipinski definition) is 4. The van der Waals surface area contributed by atoms with E-state index in [0.717, 1.165) is 12.1 Å². The molecule has 1 heterocycles. The highest BCUT2D eigenvalue weighted by molar-refractivity contribution is 6.30. The highest BCUT2D eigenvalue weighted by Gasteiger charge is 2.09. The van der Waals surface area contributed by atoms with Gasteiger partial charge < -0.3 is 4.90 Å². The van der Waals surface area contributed by atoms with Crippen molar-refractivity contribution in [2.75, 3.05) is 13.6 Å². The van der Waals surface area contributed by atoms with Crippen LogP contribution >= 0.6 is 0 Å². The molecule has 0 aromatic heterocycles. The molecule has 0 aliphatic carbocycles. The van der Waals surface area contributed by atoms with E-state index in [1.165, 1.54) is 0 Å². The summed E-state index contributed by atoms with van der Waals surface area (Å²) >= 11 is 0. The second-order valence-corrected chi connectivity index (χ2v) is 2.21. The number of amidine groups is 1. The van der Waals surface area contributed by atoms with Crippen LogP contribution in [0.4, 0.5) is 0 Å². The first kappa shape index (κ1) is 6.92. The van der Waals surface area contributed by atoms with Gasteiger partial charge in [-0.3, -0.25) is 4.79 Å². The van der Waals surface area contributed by atoms with Crippen molar-refractivity contribution in [1.29, 1.82) is 0 Å². The normalized spacial score (nSPS) is 18.0. The zero-order chi connectivity index (χ0) is 7.56. The Morgan fingerprint density at radius 1 is 1.60 bits per heavy atom. The zero-order valence-corrected chi connectivity index (χ0v) is 6.03. The molecule has 0 amide bonds. The lowest BCUT2D eigenvalue weighted by Crippen LogP contribution is -2.33. The van der Waals surface area contributed by atoms with E-state index in [-0.39, 0.29) is 0 Å². The van der Waals surface area contributed by atoms with Crippen molar-refractivity contribution in [3.63, 3.8) is 0 Å². The first-order chi connectivity index (χ1) is 4.74. The van der Waals surface area contributed by atoms with Crippen LogP contribution in [-0.4, -0.2) is 36.3 Å². The molecule has 0 aromatic carbocycles. The van der Waals surface area contributed by atoms with Gasteiger partial charge in [0.05, 0.1) is 6.54 Å². The van der Waals surface area contributed by atoms with Gasteiger partial charge in [0.25, 0.3) is 0 Å². The summed E-state index contributed by atoms with van der Waals surface area (Å²) in [5.74, 6) is 0.839. The molecule has 1 rings (SSSR count). The topological polar surface area (TPSA) is 45.0 Å². The fourth-order valence-corrected chi connectivity index (χ4v) is 0.663. The van der Waals surface area contributed by atoms with Crippen LogP contribution in [0.15, 0.2) is 10.2 Å². The van der Waals surface area contributed by atoms with Crippen LogP contribution in [0, 0.1) is 0 Å².